The molecule has 6 heteroatoms. The second-order valence-electron chi connectivity index (χ2n) is 4.67. The van der Waals surface area contributed by atoms with Gasteiger partial charge >= 0.3 is 5.97 Å². The third-order valence-corrected chi connectivity index (χ3v) is 3.80. The summed E-state index contributed by atoms with van der Waals surface area (Å²) in [5.74, 6) is 1.26. The Balaban J connectivity index is 2.76. The Morgan fingerprint density at radius 2 is 1.73 bits per heavy atom. The van der Waals surface area contributed by atoms with Crippen LogP contribution in [0.3, 0.4) is 0 Å². The molecule has 1 aromatic carbocycles. The molecular formula is C16H24O5Si. The number of hydrogen-bond donors (Lipinski definition) is 0. The van der Waals surface area contributed by atoms with Crippen LogP contribution in [0.15, 0.2) is 18.2 Å². The molecule has 0 unspecified atom stereocenters. The van der Waals surface area contributed by atoms with Crippen molar-refractivity contribution in [3.05, 3.63) is 23.8 Å². The standard InChI is InChI=1S/C16H24O5Si/c1-18-13-10-12(11-14(19-2)16(13)20-3)6-7-15(17)21-8-4-5-9-22/h6-7,10-11H,4-5,8-9H2,1-3,22H3/b7-6+. The lowest BCUT2D eigenvalue weighted by Gasteiger charge is -2.12. The highest BCUT2D eigenvalue weighted by Crippen LogP contribution is 2.38. The first-order chi connectivity index (χ1) is 10.7. The van der Waals surface area contributed by atoms with Gasteiger partial charge in [0, 0.05) is 16.3 Å². The predicted octanol–water partition coefficient (Wildman–Crippen LogP) is 1.83. The molecule has 0 heterocycles. The van der Waals surface area contributed by atoms with E-state index in [-0.39, 0.29) is 5.97 Å². The van der Waals surface area contributed by atoms with Gasteiger partial charge in [0.05, 0.1) is 27.9 Å². The number of unbranched alkanes of at least 4 members (excludes halogenated alkanes) is 1. The third kappa shape index (κ3) is 5.44. The smallest absolute Gasteiger partial charge is 0.330 e. The van der Waals surface area contributed by atoms with Crippen molar-refractivity contribution in [2.75, 3.05) is 27.9 Å². The van der Waals surface area contributed by atoms with Crippen molar-refractivity contribution in [3.63, 3.8) is 0 Å². The van der Waals surface area contributed by atoms with Crippen LogP contribution in [0.1, 0.15) is 18.4 Å². The van der Waals surface area contributed by atoms with E-state index in [9.17, 15) is 4.79 Å². The minimum absolute atomic E-state index is 0.345. The van der Waals surface area contributed by atoms with Gasteiger partial charge in [-0.1, -0.05) is 12.5 Å². The first-order valence-corrected chi connectivity index (χ1v) is 8.72. The summed E-state index contributed by atoms with van der Waals surface area (Å²) in [7, 11) is 5.85. The number of methoxy groups -OCH3 is 3. The number of rotatable bonds is 9. The summed E-state index contributed by atoms with van der Waals surface area (Å²) in [6, 6.07) is 4.78. The van der Waals surface area contributed by atoms with Crippen molar-refractivity contribution in [1.82, 2.24) is 0 Å². The molecule has 22 heavy (non-hydrogen) atoms. The van der Waals surface area contributed by atoms with Crippen molar-refractivity contribution in [3.8, 4) is 17.2 Å². The van der Waals surface area contributed by atoms with Crippen molar-refractivity contribution in [2.24, 2.45) is 0 Å². The number of esters is 1. The molecule has 122 valence electrons. The summed E-state index contributed by atoms with van der Waals surface area (Å²) >= 11 is 0. The molecule has 0 bridgehead atoms. The highest BCUT2D eigenvalue weighted by molar-refractivity contribution is 6.08. The molecule has 0 fully saturated rings. The molecule has 0 atom stereocenters. The van der Waals surface area contributed by atoms with Gasteiger partial charge in [-0.15, -0.1) is 0 Å². The van der Waals surface area contributed by atoms with E-state index in [0.29, 0.717) is 23.9 Å². The molecule has 0 N–H and O–H groups in total. The lowest BCUT2D eigenvalue weighted by Crippen LogP contribution is -2.02. The quantitative estimate of drug-likeness (QED) is 0.300. The molecule has 0 saturated heterocycles. The summed E-state index contributed by atoms with van der Waals surface area (Å²) in [6.45, 7) is 0.473. The minimum Gasteiger partial charge on any atom is -0.493 e. The van der Waals surface area contributed by atoms with E-state index in [1.54, 1.807) is 39.5 Å². The lowest BCUT2D eigenvalue weighted by molar-refractivity contribution is -0.137. The van der Waals surface area contributed by atoms with Gasteiger partial charge in [-0.05, 0) is 30.2 Å². The zero-order chi connectivity index (χ0) is 16.4. The Morgan fingerprint density at radius 1 is 1.09 bits per heavy atom. The van der Waals surface area contributed by atoms with E-state index < -0.39 is 0 Å². The number of carbonyl (C=O) groups is 1. The maximum Gasteiger partial charge on any atom is 0.330 e. The SMILES string of the molecule is COc1cc(/C=C/C(=O)OCCCC[SiH3])cc(OC)c1OC. The van der Waals surface area contributed by atoms with Gasteiger partial charge in [0.1, 0.15) is 0 Å². The Hall–Kier alpha value is -1.95. The number of ether oxygens (including phenoxy) is 4. The van der Waals surface area contributed by atoms with Crippen molar-refractivity contribution >= 4 is 22.3 Å². The normalized spacial score (nSPS) is 10.7. The summed E-state index contributed by atoms with van der Waals surface area (Å²) in [5, 5.41) is 0. The second kappa shape index (κ2) is 9.89. The zero-order valence-electron chi connectivity index (χ0n) is 13.7. The first-order valence-electron chi connectivity index (χ1n) is 7.31. The molecule has 0 amide bonds. The van der Waals surface area contributed by atoms with Gasteiger partial charge in [-0.25, -0.2) is 4.79 Å². The fourth-order valence-electron chi connectivity index (χ4n) is 1.93. The van der Waals surface area contributed by atoms with Gasteiger partial charge in [-0.3, -0.25) is 0 Å². The van der Waals surface area contributed by atoms with E-state index in [1.165, 1.54) is 22.4 Å². The van der Waals surface area contributed by atoms with Crippen molar-refractivity contribution in [2.45, 2.75) is 18.9 Å². The number of benzene rings is 1. The molecule has 0 radical (unpaired) electrons. The van der Waals surface area contributed by atoms with Gasteiger partial charge in [0.15, 0.2) is 11.5 Å². The summed E-state index contributed by atoms with van der Waals surface area (Å²) in [6.07, 6.45) is 5.12. The Labute approximate surface area is 134 Å². The highest BCUT2D eigenvalue weighted by atomic mass is 28.1. The molecule has 0 aliphatic heterocycles. The van der Waals surface area contributed by atoms with E-state index in [1.807, 2.05) is 0 Å². The molecular weight excluding hydrogens is 300 g/mol. The van der Waals surface area contributed by atoms with Crippen LogP contribution in [0, 0.1) is 0 Å². The molecule has 0 aromatic heterocycles. The Morgan fingerprint density at radius 3 is 2.23 bits per heavy atom. The molecule has 0 saturated carbocycles. The van der Waals surface area contributed by atoms with Gasteiger partial charge in [0.25, 0.3) is 0 Å². The van der Waals surface area contributed by atoms with Gasteiger partial charge < -0.3 is 18.9 Å². The van der Waals surface area contributed by atoms with Crippen molar-refractivity contribution < 1.29 is 23.7 Å². The second-order valence-corrected chi connectivity index (χ2v) is 5.67. The fourth-order valence-corrected chi connectivity index (χ4v) is 2.43. The van der Waals surface area contributed by atoms with E-state index in [2.05, 4.69) is 0 Å². The van der Waals surface area contributed by atoms with E-state index >= 15 is 0 Å². The lowest BCUT2D eigenvalue weighted by atomic mass is 10.1. The van der Waals surface area contributed by atoms with Gasteiger partial charge in [-0.2, -0.15) is 0 Å². The molecule has 0 spiro atoms. The van der Waals surface area contributed by atoms with Crippen LogP contribution in [0.5, 0.6) is 17.2 Å². The number of carbonyl (C=O) groups excluding carboxylic acids is 1. The van der Waals surface area contributed by atoms with Crippen LogP contribution in [-0.2, 0) is 9.53 Å². The van der Waals surface area contributed by atoms with E-state index in [4.69, 9.17) is 18.9 Å². The van der Waals surface area contributed by atoms with Crippen LogP contribution < -0.4 is 14.2 Å². The third-order valence-electron chi connectivity index (χ3n) is 3.09. The maximum atomic E-state index is 11.6. The molecule has 0 aliphatic rings. The molecule has 5 nitrogen and oxygen atoms in total. The summed E-state index contributed by atoms with van der Waals surface area (Å²) in [5.41, 5.74) is 0.769. The van der Waals surface area contributed by atoms with Crippen molar-refractivity contribution in [1.29, 1.82) is 0 Å². The highest BCUT2D eigenvalue weighted by Gasteiger charge is 2.12. The Kier molecular flexibility index (Phi) is 8.13. The van der Waals surface area contributed by atoms with Crippen LogP contribution in [0.2, 0.25) is 6.04 Å². The fraction of sp³-hybridized carbons (Fsp3) is 0.438. The average Bonchev–Trinajstić information content (AvgIpc) is 2.55. The molecule has 1 rings (SSSR count). The molecule has 0 aliphatic carbocycles. The van der Waals surface area contributed by atoms with Crippen LogP contribution in [-0.4, -0.2) is 44.1 Å². The zero-order valence-corrected chi connectivity index (χ0v) is 15.7. The summed E-state index contributed by atoms with van der Waals surface area (Å²) < 4.78 is 20.9. The predicted molar refractivity (Wildman–Crippen MR) is 90.1 cm³/mol. The van der Waals surface area contributed by atoms with Crippen LogP contribution >= 0.6 is 0 Å². The monoisotopic (exact) mass is 324 g/mol. The average molecular weight is 324 g/mol. The van der Waals surface area contributed by atoms with Gasteiger partial charge in [0.2, 0.25) is 5.75 Å². The molecule has 1 aromatic rings. The largest absolute Gasteiger partial charge is 0.493 e. The topological polar surface area (TPSA) is 54.0 Å². The van der Waals surface area contributed by atoms with Crippen LogP contribution in [0.25, 0.3) is 6.08 Å². The number of hydrogen-bond acceptors (Lipinski definition) is 5. The summed E-state index contributed by atoms with van der Waals surface area (Å²) in [4.78, 5) is 11.6. The Bertz CT molecular complexity index is 488. The maximum absolute atomic E-state index is 11.6. The van der Waals surface area contributed by atoms with E-state index in [0.717, 1.165) is 18.4 Å². The minimum atomic E-state index is -0.345. The van der Waals surface area contributed by atoms with Crippen LogP contribution in [0.4, 0.5) is 0 Å². The first kappa shape index (κ1) is 18.1.